The third-order valence-electron chi connectivity index (χ3n) is 3.39. The largest absolute Gasteiger partial charge is 0.462 e. The Hall–Kier alpha value is -1.27. The molecule has 2 N–H and O–H groups in total. The quantitative estimate of drug-likeness (QED) is 0.783. The van der Waals surface area contributed by atoms with Crippen molar-refractivity contribution in [3.05, 3.63) is 10.4 Å². The van der Waals surface area contributed by atoms with Gasteiger partial charge in [0.1, 0.15) is 4.88 Å². The van der Waals surface area contributed by atoms with Crippen LogP contribution in [0.3, 0.4) is 0 Å². The van der Waals surface area contributed by atoms with Crippen LogP contribution >= 0.6 is 11.3 Å². The number of nitrogen functional groups attached to an aromatic ring is 1. The smallest absolute Gasteiger partial charge is 0.350 e. The first-order valence-corrected chi connectivity index (χ1v) is 7.71. The van der Waals surface area contributed by atoms with Crippen molar-refractivity contribution in [1.29, 1.82) is 0 Å². The van der Waals surface area contributed by atoms with Crippen LogP contribution in [0.1, 0.15) is 40.9 Å². The molecule has 1 heterocycles. The predicted molar refractivity (Wildman–Crippen MR) is 81.8 cm³/mol. The van der Waals surface area contributed by atoms with Crippen molar-refractivity contribution in [2.24, 2.45) is 0 Å². The zero-order valence-corrected chi connectivity index (χ0v) is 13.1. The van der Waals surface area contributed by atoms with Gasteiger partial charge in [0.05, 0.1) is 23.9 Å². The summed E-state index contributed by atoms with van der Waals surface area (Å²) in [6, 6.07) is 0. The van der Waals surface area contributed by atoms with Crippen molar-refractivity contribution in [2.75, 3.05) is 44.5 Å². The molecule has 1 saturated carbocycles. The van der Waals surface area contributed by atoms with Gasteiger partial charge in [0.25, 0.3) is 0 Å². The van der Waals surface area contributed by atoms with Gasteiger partial charge >= 0.3 is 5.97 Å². The average molecular weight is 298 g/mol. The molecular weight excluding hydrogens is 276 g/mol. The van der Waals surface area contributed by atoms with E-state index in [4.69, 9.17) is 15.2 Å². The highest BCUT2D eigenvalue weighted by Gasteiger charge is 2.34. The van der Waals surface area contributed by atoms with E-state index in [0.29, 0.717) is 29.7 Å². The van der Waals surface area contributed by atoms with Crippen molar-refractivity contribution in [2.45, 2.75) is 25.7 Å². The van der Waals surface area contributed by atoms with Crippen molar-refractivity contribution < 1.29 is 14.3 Å². The van der Waals surface area contributed by atoms with Crippen LogP contribution < -0.4 is 10.6 Å². The second kappa shape index (κ2) is 6.45. The van der Waals surface area contributed by atoms with Gasteiger partial charge in [0, 0.05) is 26.3 Å². The maximum atomic E-state index is 12.0. The number of hydrogen-bond donors (Lipinski definition) is 1. The Bertz CT molecular complexity index is 483. The van der Waals surface area contributed by atoms with Crippen molar-refractivity contribution in [3.8, 4) is 0 Å². The van der Waals surface area contributed by atoms with Gasteiger partial charge in [0.15, 0.2) is 0 Å². The molecule has 0 radical (unpaired) electrons. The number of nitrogens with zero attached hydrogens (tertiary/aromatic N) is 1. The number of rotatable bonds is 7. The van der Waals surface area contributed by atoms with Crippen LogP contribution in [0.25, 0.3) is 0 Å². The number of ether oxygens (including phenoxy) is 2. The zero-order chi connectivity index (χ0) is 14.7. The number of methoxy groups -OCH3 is 1. The van der Waals surface area contributed by atoms with E-state index in [1.807, 2.05) is 7.05 Å². The second-order valence-corrected chi connectivity index (χ2v) is 5.97. The molecule has 2 rings (SSSR count). The fourth-order valence-electron chi connectivity index (χ4n) is 2.17. The second-order valence-electron chi connectivity index (χ2n) is 4.97. The van der Waals surface area contributed by atoms with Crippen LogP contribution in [0.2, 0.25) is 0 Å². The van der Waals surface area contributed by atoms with Gasteiger partial charge in [-0.2, -0.15) is 0 Å². The summed E-state index contributed by atoms with van der Waals surface area (Å²) in [5.74, 6) is 0.178. The standard InChI is InChI=1S/C14H22N2O3S/c1-4-19-14(17)12-11(15)10(9-5-6-9)13(20-12)16(2)7-8-18-3/h9H,4-8,15H2,1-3H3. The molecule has 0 unspecified atom stereocenters. The van der Waals surface area contributed by atoms with Crippen LogP contribution in [-0.4, -0.2) is 39.9 Å². The summed E-state index contributed by atoms with van der Waals surface area (Å²) in [7, 11) is 3.69. The van der Waals surface area contributed by atoms with Crippen LogP contribution in [0.4, 0.5) is 10.7 Å². The molecule has 5 nitrogen and oxygen atoms in total. The number of nitrogens with two attached hydrogens (primary N) is 1. The molecule has 1 aliphatic carbocycles. The Morgan fingerprint density at radius 3 is 2.75 bits per heavy atom. The average Bonchev–Trinajstić information content (AvgIpc) is 3.19. The molecule has 0 atom stereocenters. The Morgan fingerprint density at radius 1 is 1.50 bits per heavy atom. The molecule has 20 heavy (non-hydrogen) atoms. The van der Waals surface area contributed by atoms with Crippen LogP contribution in [-0.2, 0) is 9.47 Å². The minimum atomic E-state index is -0.316. The number of anilines is 2. The third kappa shape index (κ3) is 3.07. The Morgan fingerprint density at radius 2 is 2.20 bits per heavy atom. The summed E-state index contributed by atoms with van der Waals surface area (Å²) in [5.41, 5.74) is 7.92. The first-order chi connectivity index (χ1) is 9.60. The fourth-order valence-corrected chi connectivity index (χ4v) is 3.36. The molecule has 1 aromatic rings. The highest BCUT2D eigenvalue weighted by molar-refractivity contribution is 7.18. The van der Waals surface area contributed by atoms with Crippen molar-refractivity contribution in [3.63, 3.8) is 0 Å². The first-order valence-electron chi connectivity index (χ1n) is 6.89. The molecule has 0 amide bonds. The summed E-state index contributed by atoms with van der Waals surface area (Å²) >= 11 is 1.43. The van der Waals surface area contributed by atoms with Crippen LogP contribution in [0, 0.1) is 0 Å². The number of thiophene rings is 1. The van der Waals surface area contributed by atoms with Crippen molar-refractivity contribution >= 4 is 28.0 Å². The van der Waals surface area contributed by atoms with Crippen LogP contribution in [0.15, 0.2) is 0 Å². The monoisotopic (exact) mass is 298 g/mol. The molecule has 0 aromatic carbocycles. The van der Waals surface area contributed by atoms with E-state index in [2.05, 4.69) is 4.90 Å². The van der Waals surface area contributed by atoms with Gasteiger partial charge in [-0.3, -0.25) is 0 Å². The van der Waals surface area contributed by atoms with Gasteiger partial charge < -0.3 is 20.1 Å². The highest BCUT2D eigenvalue weighted by Crippen LogP contribution is 2.51. The van der Waals surface area contributed by atoms with E-state index in [9.17, 15) is 4.79 Å². The molecule has 112 valence electrons. The Balaban J connectivity index is 2.30. The minimum Gasteiger partial charge on any atom is -0.462 e. The maximum absolute atomic E-state index is 12.0. The van der Waals surface area contributed by atoms with Crippen LogP contribution in [0.5, 0.6) is 0 Å². The Labute approximate surface area is 123 Å². The highest BCUT2D eigenvalue weighted by atomic mass is 32.1. The molecule has 1 aromatic heterocycles. The molecule has 0 saturated heterocycles. The number of carbonyl (C=O) groups excluding carboxylic acids is 1. The lowest BCUT2D eigenvalue weighted by Gasteiger charge is -2.18. The molecule has 1 aliphatic rings. The van der Waals surface area contributed by atoms with Gasteiger partial charge in [-0.1, -0.05) is 0 Å². The maximum Gasteiger partial charge on any atom is 0.350 e. The van der Waals surface area contributed by atoms with E-state index in [-0.39, 0.29) is 5.97 Å². The van der Waals surface area contributed by atoms with E-state index >= 15 is 0 Å². The van der Waals surface area contributed by atoms with E-state index in [1.165, 1.54) is 11.3 Å². The number of carbonyl (C=O) groups is 1. The molecule has 0 aliphatic heterocycles. The topological polar surface area (TPSA) is 64.8 Å². The lowest BCUT2D eigenvalue weighted by molar-refractivity contribution is 0.0533. The summed E-state index contributed by atoms with van der Waals surface area (Å²) in [6.45, 7) is 3.59. The van der Waals surface area contributed by atoms with Gasteiger partial charge in [0.2, 0.25) is 0 Å². The first kappa shape index (κ1) is 15.1. The molecule has 0 spiro atoms. The van der Waals surface area contributed by atoms with Gasteiger partial charge in [-0.05, 0) is 25.7 Å². The lowest BCUT2D eigenvalue weighted by atomic mass is 10.1. The van der Waals surface area contributed by atoms with E-state index in [1.54, 1.807) is 14.0 Å². The number of likely N-dealkylation sites (N-methyl/N-ethyl adjacent to an activating group) is 1. The molecule has 1 fully saturated rings. The van der Waals surface area contributed by atoms with Gasteiger partial charge in [-0.25, -0.2) is 4.79 Å². The molecular formula is C14H22N2O3S. The minimum absolute atomic E-state index is 0.316. The number of esters is 1. The van der Waals surface area contributed by atoms with Crippen molar-refractivity contribution in [1.82, 2.24) is 0 Å². The summed E-state index contributed by atoms with van der Waals surface area (Å²) in [6.07, 6.45) is 2.29. The zero-order valence-electron chi connectivity index (χ0n) is 12.3. The summed E-state index contributed by atoms with van der Waals surface area (Å²) < 4.78 is 10.2. The summed E-state index contributed by atoms with van der Waals surface area (Å²) in [5, 5.41) is 1.07. The predicted octanol–water partition coefficient (Wildman–Crippen LogP) is 2.47. The lowest BCUT2D eigenvalue weighted by Crippen LogP contribution is -2.22. The fraction of sp³-hybridized carbons (Fsp3) is 0.643. The van der Waals surface area contributed by atoms with E-state index in [0.717, 1.165) is 30.0 Å². The van der Waals surface area contributed by atoms with Gasteiger partial charge in [-0.15, -0.1) is 11.3 Å². The van der Waals surface area contributed by atoms with E-state index < -0.39 is 0 Å². The Kier molecular flexibility index (Phi) is 4.88. The summed E-state index contributed by atoms with van der Waals surface area (Å²) in [4.78, 5) is 14.6. The molecule has 6 heteroatoms. The normalized spacial score (nSPS) is 14.3. The molecule has 0 bridgehead atoms. The number of hydrogen-bond acceptors (Lipinski definition) is 6. The third-order valence-corrected chi connectivity index (χ3v) is 4.70. The SMILES string of the molecule is CCOC(=O)c1sc(N(C)CCOC)c(C2CC2)c1N.